The molecule has 0 saturated heterocycles. The number of hydrogen-bond donors (Lipinski definition) is 1. The summed E-state index contributed by atoms with van der Waals surface area (Å²) < 4.78 is 0. The Hall–Kier alpha value is -1.24. The van der Waals surface area contributed by atoms with Gasteiger partial charge in [-0.1, -0.05) is 94.6 Å². The van der Waals surface area contributed by atoms with Gasteiger partial charge in [0.25, 0.3) is 0 Å². The third kappa shape index (κ3) is 14.0. The van der Waals surface area contributed by atoms with E-state index in [1.807, 2.05) is 0 Å². The predicted octanol–water partition coefficient (Wildman–Crippen LogP) is 8.44. The molecule has 0 radical (unpaired) electrons. The Kier molecular flexibility index (Phi) is 15.1. The maximum absolute atomic E-state index is 3.51. The Labute approximate surface area is 163 Å². The van der Waals surface area contributed by atoms with Crippen molar-refractivity contribution < 1.29 is 0 Å². The second-order valence-corrected chi connectivity index (χ2v) is 7.73. The van der Waals surface area contributed by atoms with E-state index in [1.165, 1.54) is 101 Å². The van der Waals surface area contributed by atoms with Crippen LogP contribution in [0, 0.1) is 6.92 Å². The lowest BCUT2D eigenvalue weighted by Crippen LogP contribution is -2.01. The Bertz CT molecular complexity index is 432. The Balaban J connectivity index is 1.78. The molecule has 1 nitrogen and oxygen atoms in total. The highest BCUT2D eigenvalue weighted by Crippen LogP contribution is 2.11. The van der Waals surface area contributed by atoms with E-state index >= 15 is 0 Å². The van der Waals surface area contributed by atoms with Gasteiger partial charge < -0.3 is 5.32 Å². The first kappa shape index (κ1) is 22.8. The molecule has 1 aromatic rings. The first-order chi connectivity index (χ1) is 12.8. The normalized spacial score (nSPS) is 11.3. The van der Waals surface area contributed by atoms with Crippen molar-refractivity contribution in [1.82, 2.24) is 0 Å². The summed E-state index contributed by atoms with van der Waals surface area (Å²) in [7, 11) is 0. The quantitative estimate of drug-likeness (QED) is 0.218. The van der Waals surface area contributed by atoms with Crippen LogP contribution in [0.4, 0.5) is 5.69 Å². The van der Waals surface area contributed by atoms with Crippen LogP contribution >= 0.6 is 0 Å². The van der Waals surface area contributed by atoms with Crippen LogP contribution in [0.25, 0.3) is 0 Å². The number of nitrogens with one attached hydrogen (secondary N) is 1. The van der Waals surface area contributed by atoms with Crippen LogP contribution in [0.5, 0.6) is 0 Å². The van der Waals surface area contributed by atoms with Gasteiger partial charge in [0.1, 0.15) is 0 Å². The van der Waals surface area contributed by atoms with Crippen LogP contribution in [0.2, 0.25) is 0 Å². The van der Waals surface area contributed by atoms with Gasteiger partial charge in [-0.15, -0.1) is 0 Å². The summed E-state index contributed by atoms with van der Waals surface area (Å²) in [6, 6.07) is 8.69. The lowest BCUT2D eigenvalue weighted by molar-refractivity contribution is 0.602. The fourth-order valence-electron chi connectivity index (χ4n) is 3.28. The van der Waals surface area contributed by atoms with Gasteiger partial charge in [0.15, 0.2) is 0 Å². The number of rotatable bonds is 17. The van der Waals surface area contributed by atoms with E-state index in [9.17, 15) is 0 Å². The fraction of sp³-hybridized carbons (Fsp3) is 0.680. The maximum atomic E-state index is 3.51. The van der Waals surface area contributed by atoms with E-state index < -0.39 is 0 Å². The molecule has 0 heterocycles. The van der Waals surface area contributed by atoms with Crippen LogP contribution in [0.3, 0.4) is 0 Å². The molecular formula is C25H43N. The largest absolute Gasteiger partial charge is 0.385 e. The van der Waals surface area contributed by atoms with Gasteiger partial charge in [0.2, 0.25) is 0 Å². The predicted molar refractivity (Wildman–Crippen MR) is 119 cm³/mol. The smallest absolute Gasteiger partial charge is 0.0340 e. The van der Waals surface area contributed by atoms with Gasteiger partial charge >= 0.3 is 0 Å². The highest BCUT2D eigenvalue weighted by atomic mass is 14.9. The van der Waals surface area contributed by atoms with Crippen molar-refractivity contribution in [1.29, 1.82) is 0 Å². The molecule has 0 bridgehead atoms. The van der Waals surface area contributed by atoms with Crippen molar-refractivity contribution in [2.75, 3.05) is 11.9 Å². The molecule has 1 rings (SSSR count). The highest BCUT2D eigenvalue weighted by Gasteiger charge is 1.93. The van der Waals surface area contributed by atoms with Crippen LogP contribution in [0.15, 0.2) is 36.4 Å². The van der Waals surface area contributed by atoms with E-state index in [-0.39, 0.29) is 0 Å². The minimum absolute atomic E-state index is 1.10. The van der Waals surface area contributed by atoms with Crippen molar-refractivity contribution in [2.24, 2.45) is 0 Å². The summed E-state index contributed by atoms with van der Waals surface area (Å²) in [5, 5.41) is 3.51. The summed E-state index contributed by atoms with van der Waals surface area (Å²) in [4.78, 5) is 0. The van der Waals surface area contributed by atoms with E-state index in [0.29, 0.717) is 0 Å². The summed E-state index contributed by atoms with van der Waals surface area (Å²) >= 11 is 0. The van der Waals surface area contributed by atoms with E-state index in [2.05, 4.69) is 55.6 Å². The summed E-state index contributed by atoms with van der Waals surface area (Å²) in [5.74, 6) is 0. The number of aryl methyl sites for hydroxylation is 1. The first-order valence-electron chi connectivity index (χ1n) is 11.3. The van der Waals surface area contributed by atoms with Crippen molar-refractivity contribution in [3.8, 4) is 0 Å². The van der Waals surface area contributed by atoms with Crippen LogP contribution in [-0.2, 0) is 0 Å². The Morgan fingerprint density at radius 1 is 0.654 bits per heavy atom. The molecule has 1 aromatic carbocycles. The Morgan fingerprint density at radius 3 is 1.73 bits per heavy atom. The molecule has 0 unspecified atom stereocenters. The Morgan fingerprint density at radius 2 is 1.15 bits per heavy atom. The molecular weight excluding hydrogens is 314 g/mol. The monoisotopic (exact) mass is 357 g/mol. The molecule has 0 aromatic heterocycles. The molecule has 1 N–H and O–H groups in total. The second kappa shape index (κ2) is 17.2. The minimum Gasteiger partial charge on any atom is -0.385 e. The lowest BCUT2D eigenvalue weighted by atomic mass is 10.1. The zero-order valence-corrected chi connectivity index (χ0v) is 17.6. The third-order valence-electron chi connectivity index (χ3n) is 5.07. The molecule has 26 heavy (non-hydrogen) atoms. The zero-order valence-electron chi connectivity index (χ0n) is 17.6. The fourth-order valence-corrected chi connectivity index (χ4v) is 3.28. The molecule has 0 aliphatic carbocycles. The van der Waals surface area contributed by atoms with Gasteiger partial charge in [-0.2, -0.15) is 0 Å². The zero-order chi connectivity index (χ0) is 18.7. The van der Waals surface area contributed by atoms with Gasteiger partial charge in [-0.05, 0) is 51.2 Å². The van der Waals surface area contributed by atoms with Gasteiger partial charge in [0, 0.05) is 12.2 Å². The van der Waals surface area contributed by atoms with Crippen LogP contribution in [0.1, 0.15) is 102 Å². The van der Waals surface area contributed by atoms with Crippen molar-refractivity contribution in [3.63, 3.8) is 0 Å². The second-order valence-electron chi connectivity index (χ2n) is 7.73. The molecule has 0 fully saturated rings. The first-order valence-corrected chi connectivity index (χ1v) is 11.3. The van der Waals surface area contributed by atoms with Gasteiger partial charge in [-0.25, -0.2) is 0 Å². The van der Waals surface area contributed by atoms with Crippen molar-refractivity contribution >= 4 is 5.69 Å². The number of anilines is 1. The highest BCUT2D eigenvalue weighted by molar-refractivity contribution is 5.44. The molecule has 1 heteroatoms. The van der Waals surface area contributed by atoms with Gasteiger partial charge in [0.05, 0.1) is 0 Å². The minimum atomic E-state index is 1.10. The molecule has 0 saturated carbocycles. The van der Waals surface area contributed by atoms with E-state index in [0.717, 1.165) is 6.54 Å². The molecule has 0 amide bonds. The standard InChI is InChI=1S/C25H43N/c1-3-4-5-6-7-8-9-10-11-12-13-14-15-16-17-18-23-26-25-21-19-24(2)20-22-25/h10-11,19-22,26H,3-9,12-18,23H2,1-2H3/b11-10-. The van der Waals surface area contributed by atoms with Crippen LogP contribution in [-0.4, -0.2) is 6.54 Å². The average Bonchev–Trinajstić information content (AvgIpc) is 2.66. The number of unbranched alkanes of at least 4 members (excludes halogenated alkanes) is 12. The average molecular weight is 358 g/mol. The topological polar surface area (TPSA) is 12.0 Å². The summed E-state index contributed by atoms with van der Waals surface area (Å²) in [6.07, 6.45) is 24.0. The number of benzene rings is 1. The molecule has 148 valence electrons. The number of allylic oxidation sites excluding steroid dienone is 2. The van der Waals surface area contributed by atoms with Crippen LogP contribution < -0.4 is 5.32 Å². The van der Waals surface area contributed by atoms with Crippen molar-refractivity contribution in [2.45, 2.75) is 104 Å². The summed E-state index contributed by atoms with van der Waals surface area (Å²) in [6.45, 7) is 5.52. The molecule has 0 atom stereocenters. The lowest BCUT2D eigenvalue weighted by Gasteiger charge is -2.06. The maximum Gasteiger partial charge on any atom is 0.0340 e. The third-order valence-corrected chi connectivity index (χ3v) is 5.07. The molecule has 0 spiro atoms. The van der Waals surface area contributed by atoms with E-state index in [4.69, 9.17) is 0 Å². The molecule has 0 aliphatic rings. The van der Waals surface area contributed by atoms with Gasteiger partial charge in [-0.3, -0.25) is 0 Å². The van der Waals surface area contributed by atoms with E-state index in [1.54, 1.807) is 0 Å². The number of hydrogen-bond acceptors (Lipinski definition) is 1. The molecule has 0 aliphatic heterocycles. The van der Waals surface area contributed by atoms with Crippen molar-refractivity contribution in [3.05, 3.63) is 42.0 Å². The summed E-state index contributed by atoms with van der Waals surface area (Å²) in [5.41, 5.74) is 2.58. The SMILES string of the molecule is CCCCCCCC/C=C\CCCCCCCCNc1ccc(C)cc1.